The number of nitrogens with zero attached hydrogens (tertiary/aromatic N) is 4. The number of carbonyl (C=O) groups is 1. The molecule has 0 aliphatic carbocycles. The number of allylic oxidation sites excluding steroid dienone is 1. The highest BCUT2D eigenvalue weighted by molar-refractivity contribution is 5.95. The number of anilines is 1. The van der Waals surface area contributed by atoms with Crippen molar-refractivity contribution in [3.05, 3.63) is 71.2 Å². The summed E-state index contributed by atoms with van der Waals surface area (Å²) in [6.07, 6.45) is 1.69. The quantitative estimate of drug-likeness (QED) is 0.716. The summed E-state index contributed by atoms with van der Waals surface area (Å²) in [6, 6.07) is 13.3. The van der Waals surface area contributed by atoms with Gasteiger partial charge < -0.3 is 11.1 Å². The van der Waals surface area contributed by atoms with Crippen LogP contribution in [0, 0.1) is 0 Å². The fourth-order valence-electron chi connectivity index (χ4n) is 3.52. The van der Waals surface area contributed by atoms with Crippen molar-refractivity contribution in [1.82, 2.24) is 19.7 Å². The molecule has 1 amide bonds. The molecule has 1 unspecified atom stereocenters. The van der Waals surface area contributed by atoms with Gasteiger partial charge in [0.25, 0.3) is 0 Å². The first-order valence-corrected chi connectivity index (χ1v) is 9.51. The van der Waals surface area contributed by atoms with Crippen LogP contribution in [0.5, 0.6) is 0 Å². The van der Waals surface area contributed by atoms with Crippen LogP contribution in [0.15, 0.2) is 59.9 Å². The van der Waals surface area contributed by atoms with E-state index in [1.807, 2.05) is 37.3 Å². The van der Waals surface area contributed by atoms with Gasteiger partial charge in [0.2, 0.25) is 11.9 Å². The largest absolute Gasteiger partial charge is 0.366 e. The first kappa shape index (κ1) is 18.9. The van der Waals surface area contributed by atoms with Gasteiger partial charge in [0, 0.05) is 17.5 Å². The first-order chi connectivity index (χ1) is 13.8. The van der Waals surface area contributed by atoms with E-state index < -0.39 is 11.9 Å². The third-order valence-corrected chi connectivity index (χ3v) is 5.10. The molecule has 3 N–H and O–H groups in total. The SMILES string of the molecule is CC1=C(C(N)=O)C(c2ccccn2)n2nc(-c3ccc(C(C)(C)C)cc3)nc2N1. The molecule has 0 saturated heterocycles. The van der Waals surface area contributed by atoms with E-state index in [4.69, 9.17) is 10.8 Å². The molecule has 4 rings (SSSR count). The van der Waals surface area contributed by atoms with E-state index in [0.29, 0.717) is 28.7 Å². The average Bonchev–Trinajstić information content (AvgIpc) is 3.10. The van der Waals surface area contributed by atoms with Crippen molar-refractivity contribution in [2.45, 2.75) is 39.2 Å². The predicted octanol–water partition coefficient (Wildman–Crippen LogP) is 3.41. The first-order valence-electron chi connectivity index (χ1n) is 9.51. The Morgan fingerprint density at radius 1 is 1.14 bits per heavy atom. The molecule has 1 atom stereocenters. The monoisotopic (exact) mass is 388 g/mol. The number of amides is 1. The summed E-state index contributed by atoms with van der Waals surface area (Å²) in [6.45, 7) is 8.34. The Labute approximate surface area is 169 Å². The third kappa shape index (κ3) is 3.40. The van der Waals surface area contributed by atoms with Crippen LogP contribution >= 0.6 is 0 Å². The molecule has 29 heavy (non-hydrogen) atoms. The van der Waals surface area contributed by atoms with Crippen LogP contribution in [-0.4, -0.2) is 25.7 Å². The van der Waals surface area contributed by atoms with Crippen molar-refractivity contribution in [3.63, 3.8) is 0 Å². The average molecular weight is 388 g/mol. The van der Waals surface area contributed by atoms with Crippen LogP contribution in [-0.2, 0) is 10.2 Å². The molecule has 3 heterocycles. The number of pyridine rings is 1. The molecule has 0 fully saturated rings. The van der Waals surface area contributed by atoms with Crippen molar-refractivity contribution in [2.24, 2.45) is 5.73 Å². The Morgan fingerprint density at radius 2 is 1.86 bits per heavy atom. The highest BCUT2D eigenvalue weighted by atomic mass is 16.1. The molecule has 0 saturated carbocycles. The van der Waals surface area contributed by atoms with Gasteiger partial charge in [-0.05, 0) is 30.0 Å². The number of nitrogens with two attached hydrogens (primary N) is 1. The lowest BCUT2D eigenvalue weighted by Gasteiger charge is -2.26. The van der Waals surface area contributed by atoms with E-state index in [1.54, 1.807) is 10.9 Å². The lowest BCUT2D eigenvalue weighted by atomic mass is 9.87. The van der Waals surface area contributed by atoms with Crippen LogP contribution in [0.3, 0.4) is 0 Å². The molecule has 148 valence electrons. The number of carbonyl (C=O) groups excluding carboxylic acids is 1. The van der Waals surface area contributed by atoms with Gasteiger partial charge in [0.15, 0.2) is 5.82 Å². The van der Waals surface area contributed by atoms with Gasteiger partial charge in [-0.3, -0.25) is 9.78 Å². The fourth-order valence-corrected chi connectivity index (χ4v) is 3.52. The normalized spacial score (nSPS) is 16.3. The summed E-state index contributed by atoms with van der Waals surface area (Å²) in [5.41, 5.74) is 9.67. The summed E-state index contributed by atoms with van der Waals surface area (Å²) in [7, 11) is 0. The Bertz CT molecular complexity index is 1090. The number of primary amides is 1. The highest BCUT2D eigenvalue weighted by Gasteiger charge is 2.34. The lowest BCUT2D eigenvalue weighted by Crippen LogP contribution is -2.32. The Hall–Kier alpha value is -3.48. The maximum Gasteiger partial charge on any atom is 0.248 e. The molecular formula is C22H24N6O. The van der Waals surface area contributed by atoms with E-state index in [-0.39, 0.29) is 5.41 Å². The summed E-state index contributed by atoms with van der Waals surface area (Å²) < 4.78 is 1.68. The fraction of sp³-hybridized carbons (Fsp3) is 0.273. The molecule has 2 aromatic heterocycles. The number of aromatic nitrogens is 4. The zero-order chi connectivity index (χ0) is 20.8. The Morgan fingerprint density at radius 3 is 2.45 bits per heavy atom. The number of hydrogen-bond acceptors (Lipinski definition) is 5. The van der Waals surface area contributed by atoms with Crippen LogP contribution in [0.1, 0.15) is 45.0 Å². The van der Waals surface area contributed by atoms with Crippen molar-refractivity contribution >= 4 is 11.9 Å². The molecule has 1 aromatic carbocycles. The summed E-state index contributed by atoms with van der Waals surface area (Å²) in [5.74, 6) is 0.619. The van der Waals surface area contributed by atoms with Gasteiger partial charge in [0.05, 0.1) is 11.3 Å². The van der Waals surface area contributed by atoms with E-state index >= 15 is 0 Å². The number of nitrogens with one attached hydrogen (secondary N) is 1. The van der Waals surface area contributed by atoms with Gasteiger partial charge in [-0.2, -0.15) is 4.98 Å². The summed E-state index contributed by atoms with van der Waals surface area (Å²) in [4.78, 5) is 21.3. The highest BCUT2D eigenvalue weighted by Crippen LogP contribution is 2.35. The van der Waals surface area contributed by atoms with Crippen LogP contribution in [0.25, 0.3) is 11.4 Å². The minimum absolute atomic E-state index is 0.0719. The number of rotatable bonds is 3. The second-order valence-corrected chi connectivity index (χ2v) is 8.22. The molecule has 7 nitrogen and oxygen atoms in total. The molecule has 3 aromatic rings. The molecule has 0 bridgehead atoms. The van der Waals surface area contributed by atoms with Gasteiger partial charge in [-0.1, -0.05) is 51.1 Å². The third-order valence-electron chi connectivity index (χ3n) is 5.10. The van der Waals surface area contributed by atoms with Crippen molar-refractivity contribution in [1.29, 1.82) is 0 Å². The van der Waals surface area contributed by atoms with E-state index in [9.17, 15) is 4.79 Å². The van der Waals surface area contributed by atoms with E-state index in [2.05, 4.69) is 48.2 Å². The Kier molecular flexibility index (Phi) is 4.45. The van der Waals surface area contributed by atoms with Crippen molar-refractivity contribution in [3.8, 4) is 11.4 Å². The maximum absolute atomic E-state index is 12.2. The van der Waals surface area contributed by atoms with E-state index in [1.165, 1.54) is 5.56 Å². The number of hydrogen-bond donors (Lipinski definition) is 2. The molecule has 7 heteroatoms. The van der Waals surface area contributed by atoms with Crippen LogP contribution in [0.4, 0.5) is 5.95 Å². The van der Waals surface area contributed by atoms with Crippen molar-refractivity contribution in [2.75, 3.05) is 5.32 Å². The number of benzene rings is 1. The molecule has 1 aliphatic heterocycles. The Balaban J connectivity index is 1.80. The molecule has 1 aliphatic rings. The smallest absolute Gasteiger partial charge is 0.248 e. The second kappa shape index (κ2) is 6.84. The van der Waals surface area contributed by atoms with Gasteiger partial charge in [0.1, 0.15) is 6.04 Å². The second-order valence-electron chi connectivity index (χ2n) is 8.22. The van der Waals surface area contributed by atoms with Gasteiger partial charge in [-0.25, -0.2) is 4.68 Å². The van der Waals surface area contributed by atoms with Crippen molar-refractivity contribution < 1.29 is 4.79 Å². The standard InChI is InChI=1S/C22H24N6O/c1-13-17(19(23)29)18(16-7-5-6-12-24-16)28-21(25-13)26-20(27-28)14-8-10-15(11-9-14)22(2,3)4/h5-12,18H,1-4H3,(H2,23,29)(H,25,26,27). The predicted molar refractivity (Wildman–Crippen MR) is 112 cm³/mol. The summed E-state index contributed by atoms with van der Waals surface area (Å²) in [5, 5.41) is 7.86. The van der Waals surface area contributed by atoms with Crippen LogP contribution < -0.4 is 11.1 Å². The lowest BCUT2D eigenvalue weighted by molar-refractivity contribution is -0.115. The zero-order valence-corrected chi connectivity index (χ0v) is 17.0. The maximum atomic E-state index is 12.2. The zero-order valence-electron chi connectivity index (χ0n) is 17.0. The van der Waals surface area contributed by atoms with Crippen LogP contribution in [0.2, 0.25) is 0 Å². The van der Waals surface area contributed by atoms with Gasteiger partial charge in [-0.15, -0.1) is 5.10 Å². The van der Waals surface area contributed by atoms with Gasteiger partial charge >= 0.3 is 0 Å². The molecule has 0 spiro atoms. The number of fused-ring (bicyclic) bond motifs is 1. The minimum atomic E-state index is -0.528. The molecule has 0 radical (unpaired) electrons. The topological polar surface area (TPSA) is 98.7 Å². The molecular weight excluding hydrogens is 364 g/mol. The summed E-state index contributed by atoms with van der Waals surface area (Å²) >= 11 is 0. The minimum Gasteiger partial charge on any atom is -0.366 e. The van der Waals surface area contributed by atoms with E-state index in [0.717, 1.165) is 5.56 Å².